The molecular weight excluding hydrogens is 254 g/mol. The maximum Gasteiger partial charge on any atom is 0.0914 e. The number of aliphatic hydroxyl groups is 1. The Labute approximate surface area is 99.8 Å². The van der Waals surface area contributed by atoms with E-state index in [0.717, 1.165) is 10.0 Å². The van der Waals surface area contributed by atoms with E-state index in [2.05, 4.69) is 42.0 Å². The van der Waals surface area contributed by atoms with E-state index in [1.807, 2.05) is 24.3 Å². The Morgan fingerprint density at radius 3 is 2.60 bits per heavy atom. The van der Waals surface area contributed by atoms with Crippen LogP contribution in [-0.2, 0) is 0 Å². The quantitative estimate of drug-likeness (QED) is 0.886. The molecule has 0 heterocycles. The second kappa shape index (κ2) is 5.10. The van der Waals surface area contributed by atoms with Gasteiger partial charge in [0, 0.05) is 16.6 Å². The minimum Gasteiger partial charge on any atom is -0.387 e. The van der Waals surface area contributed by atoms with Crippen LogP contribution in [0.25, 0.3) is 0 Å². The largest absolute Gasteiger partial charge is 0.387 e. The van der Waals surface area contributed by atoms with E-state index in [1.54, 1.807) is 0 Å². The first-order valence-electron chi connectivity index (χ1n) is 5.07. The fraction of sp³-hybridized carbons (Fsp3) is 0.500. The summed E-state index contributed by atoms with van der Waals surface area (Å²) in [6.45, 7) is 6.82. The summed E-state index contributed by atoms with van der Waals surface area (Å²) in [6.07, 6.45) is -0.457. The van der Waals surface area contributed by atoms with E-state index in [9.17, 15) is 5.11 Å². The third-order valence-electron chi connectivity index (χ3n) is 2.06. The summed E-state index contributed by atoms with van der Waals surface area (Å²) in [6, 6.07) is 7.75. The van der Waals surface area contributed by atoms with Gasteiger partial charge in [-0.15, -0.1) is 0 Å². The van der Waals surface area contributed by atoms with Crippen molar-refractivity contribution < 1.29 is 5.11 Å². The molecule has 0 amide bonds. The lowest BCUT2D eigenvalue weighted by Crippen LogP contribution is -2.38. The zero-order valence-corrected chi connectivity index (χ0v) is 11.0. The molecule has 0 fully saturated rings. The zero-order valence-electron chi connectivity index (χ0n) is 9.42. The number of hydrogen-bond acceptors (Lipinski definition) is 2. The lowest BCUT2D eigenvalue weighted by atomic mass is 10.1. The van der Waals surface area contributed by atoms with Gasteiger partial charge in [-0.05, 0) is 38.5 Å². The molecule has 1 unspecified atom stereocenters. The number of rotatable bonds is 3. The summed E-state index contributed by atoms with van der Waals surface area (Å²) in [5.41, 5.74) is 0.966. The Hall–Kier alpha value is -0.380. The second-order valence-corrected chi connectivity index (χ2v) is 5.62. The predicted octanol–water partition coefficient (Wildman–Crippen LogP) is 2.87. The highest BCUT2D eigenvalue weighted by Gasteiger charge is 2.13. The normalized spacial score (nSPS) is 13.9. The van der Waals surface area contributed by atoms with Crippen LogP contribution in [0.4, 0.5) is 0 Å². The summed E-state index contributed by atoms with van der Waals surface area (Å²) < 4.78 is 0.995. The molecule has 1 aromatic rings. The molecule has 0 saturated heterocycles. The monoisotopic (exact) mass is 271 g/mol. The standard InChI is InChI=1S/C12H18BrNO/c1-12(2,3)14-8-11(15)9-5-4-6-10(13)7-9/h4-7,11,14-15H,8H2,1-3H3. The van der Waals surface area contributed by atoms with Crippen molar-refractivity contribution in [3.8, 4) is 0 Å². The average molecular weight is 272 g/mol. The summed E-state index contributed by atoms with van der Waals surface area (Å²) in [4.78, 5) is 0. The minimum atomic E-state index is -0.457. The van der Waals surface area contributed by atoms with Crippen LogP contribution < -0.4 is 5.32 Å². The SMILES string of the molecule is CC(C)(C)NCC(O)c1cccc(Br)c1. The Balaban J connectivity index is 2.58. The molecule has 0 aliphatic heterocycles. The molecule has 0 aromatic heterocycles. The van der Waals surface area contributed by atoms with Gasteiger partial charge in [-0.3, -0.25) is 0 Å². The molecule has 0 bridgehead atoms. The molecule has 1 atom stereocenters. The van der Waals surface area contributed by atoms with Crippen LogP contribution in [0.2, 0.25) is 0 Å². The van der Waals surface area contributed by atoms with Gasteiger partial charge in [-0.25, -0.2) is 0 Å². The average Bonchev–Trinajstić information content (AvgIpc) is 2.13. The summed E-state index contributed by atoms with van der Waals surface area (Å²) in [5, 5.41) is 13.2. The van der Waals surface area contributed by atoms with E-state index in [-0.39, 0.29) is 5.54 Å². The molecule has 3 heteroatoms. The van der Waals surface area contributed by atoms with Crippen molar-refractivity contribution in [3.63, 3.8) is 0 Å². The van der Waals surface area contributed by atoms with E-state index < -0.39 is 6.10 Å². The maximum atomic E-state index is 9.92. The van der Waals surface area contributed by atoms with Gasteiger partial charge in [0.15, 0.2) is 0 Å². The topological polar surface area (TPSA) is 32.3 Å². The van der Waals surface area contributed by atoms with Gasteiger partial charge in [-0.2, -0.15) is 0 Å². The van der Waals surface area contributed by atoms with Gasteiger partial charge in [-0.1, -0.05) is 28.1 Å². The summed E-state index contributed by atoms with van der Waals surface area (Å²) >= 11 is 3.39. The molecule has 2 nitrogen and oxygen atoms in total. The lowest BCUT2D eigenvalue weighted by Gasteiger charge is -2.23. The highest BCUT2D eigenvalue weighted by Crippen LogP contribution is 2.18. The van der Waals surface area contributed by atoms with Gasteiger partial charge in [0.05, 0.1) is 6.10 Å². The first kappa shape index (κ1) is 12.7. The van der Waals surface area contributed by atoms with Gasteiger partial charge in [0.25, 0.3) is 0 Å². The number of benzene rings is 1. The van der Waals surface area contributed by atoms with Crippen molar-refractivity contribution in [2.45, 2.75) is 32.4 Å². The van der Waals surface area contributed by atoms with Crippen LogP contribution in [0.5, 0.6) is 0 Å². The van der Waals surface area contributed by atoms with Crippen LogP contribution in [0.15, 0.2) is 28.7 Å². The predicted molar refractivity (Wildman–Crippen MR) is 66.9 cm³/mol. The van der Waals surface area contributed by atoms with Crippen molar-refractivity contribution >= 4 is 15.9 Å². The van der Waals surface area contributed by atoms with Gasteiger partial charge < -0.3 is 10.4 Å². The molecule has 0 spiro atoms. The van der Waals surface area contributed by atoms with E-state index in [1.165, 1.54) is 0 Å². The fourth-order valence-electron chi connectivity index (χ4n) is 1.23. The summed E-state index contributed by atoms with van der Waals surface area (Å²) in [5.74, 6) is 0. The highest BCUT2D eigenvalue weighted by atomic mass is 79.9. The Bertz CT molecular complexity index is 320. The molecular formula is C12H18BrNO. The third kappa shape index (κ3) is 4.78. The van der Waals surface area contributed by atoms with Crippen LogP contribution in [0, 0.1) is 0 Å². The minimum absolute atomic E-state index is 0.0347. The molecule has 0 radical (unpaired) electrons. The summed E-state index contributed by atoms with van der Waals surface area (Å²) in [7, 11) is 0. The maximum absolute atomic E-state index is 9.92. The van der Waals surface area contributed by atoms with Crippen molar-refractivity contribution in [2.24, 2.45) is 0 Å². The lowest BCUT2D eigenvalue weighted by molar-refractivity contribution is 0.163. The van der Waals surface area contributed by atoms with Crippen molar-refractivity contribution in [2.75, 3.05) is 6.54 Å². The Morgan fingerprint density at radius 2 is 2.07 bits per heavy atom. The molecule has 15 heavy (non-hydrogen) atoms. The molecule has 0 saturated carbocycles. The zero-order chi connectivity index (χ0) is 11.5. The molecule has 1 aromatic carbocycles. The number of halogens is 1. The number of aliphatic hydroxyl groups excluding tert-OH is 1. The fourth-order valence-corrected chi connectivity index (χ4v) is 1.65. The Morgan fingerprint density at radius 1 is 1.40 bits per heavy atom. The third-order valence-corrected chi connectivity index (χ3v) is 2.55. The second-order valence-electron chi connectivity index (χ2n) is 4.70. The van der Waals surface area contributed by atoms with Crippen LogP contribution >= 0.6 is 15.9 Å². The van der Waals surface area contributed by atoms with E-state index in [0.29, 0.717) is 6.54 Å². The van der Waals surface area contributed by atoms with Crippen LogP contribution in [0.3, 0.4) is 0 Å². The smallest absolute Gasteiger partial charge is 0.0914 e. The molecule has 1 rings (SSSR count). The van der Waals surface area contributed by atoms with Gasteiger partial charge in [0.1, 0.15) is 0 Å². The molecule has 0 aliphatic rings. The Kier molecular flexibility index (Phi) is 4.32. The van der Waals surface area contributed by atoms with Crippen LogP contribution in [-0.4, -0.2) is 17.2 Å². The molecule has 84 valence electrons. The van der Waals surface area contributed by atoms with Crippen molar-refractivity contribution in [1.29, 1.82) is 0 Å². The molecule has 0 aliphatic carbocycles. The number of nitrogens with one attached hydrogen (secondary N) is 1. The highest BCUT2D eigenvalue weighted by molar-refractivity contribution is 9.10. The van der Waals surface area contributed by atoms with E-state index >= 15 is 0 Å². The van der Waals surface area contributed by atoms with Gasteiger partial charge >= 0.3 is 0 Å². The first-order chi connectivity index (χ1) is 6.88. The molecule has 2 N–H and O–H groups in total. The van der Waals surface area contributed by atoms with Crippen molar-refractivity contribution in [1.82, 2.24) is 5.32 Å². The van der Waals surface area contributed by atoms with Crippen LogP contribution in [0.1, 0.15) is 32.4 Å². The number of β-amino-alcohol motifs (C(OH)–C–C–N with tert-alkyl or cyclic N) is 1. The number of hydrogen-bond donors (Lipinski definition) is 2. The van der Waals surface area contributed by atoms with Gasteiger partial charge in [0.2, 0.25) is 0 Å². The van der Waals surface area contributed by atoms with E-state index in [4.69, 9.17) is 0 Å². The first-order valence-corrected chi connectivity index (χ1v) is 5.86. The van der Waals surface area contributed by atoms with Crippen molar-refractivity contribution in [3.05, 3.63) is 34.3 Å².